The third-order valence-electron chi connectivity index (χ3n) is 8.21. The van der Waals surface area contributed by atoms with Crippen molar-refractivity contribution in [2.75, 3.05) is 24.5 Å². The molecule has 1 amide bonds. The second-order valence-electron chi connectivity index (χ2n) is 9.95. The average Bonchev–Trinajstić information content (AvgIpc) is 3.48. The van der Waals surface area contributed by atoms with Crippen LogP contribution in [0.1, 0.15) is 43.6 Å². The van der Waals surface area contributed by atoms with E-state index >= 15 is 0 Å². The zero-order chi connectivity index (χ0) is 22.4. The predicted molar refractivity (Wildman–Crippen MR) is 130 cm³/mol. The number of amides is 1. The van der Waals surface area contributed by atoms with Gasteiger partial charge >= 0.3 is 0 Å². The molecule has 0 radical (unpaired) electrons. The van der Waals surface area contributed by atoms with Crippen LogP contribution in [0.3, 0.4) is 0 Å². The monoisotopic (exact) mass is 441 g/mol. The Labute approximate surface area is 195 Å². The third kappa shape index (κ3) is 3.64. The van der Waals surface area contributed by atoms with Gasteiger partial charge < -0.3 is 14.9 Å². The van der Waals surface area contributed by atoms with Gasteiger partial charge in [-0.3, -0.25) is 4.79 Å². The Morgan fingerprint density at radius 2 is 1.73 bits per heavy atom. The maximum absolute atomic E-state index is 13.6. The number of benzene rings is 2. The number of anilines is 1. The van der Waals surface area contributed by atoms with E-state index in [4.69, 9.17) is 4.98 Å². The van der Waals surface area contributed by atoms with Crippen molar-refractivity contribution < 1.29 is 9.90 Å². The molecule has 33 heavy (non-hydrogen) atoms. The molecule has 3 atom stereocenters. The molecular formula is C28H31N3O2. The number of phenols is 1. The molecule has 2 aliphatic heterocycles. The first kappa shape index (κ1) is 20.5. The van der Waals surface area contributed by atoms with Crippen molar-refractivity contribution in [3.05, 3.63) is 66.2 Å². The highest BCUT2D eigenvalue weighted by Gasteiger charge is 2.47. The van der Waals surface area contributed by atoms with Crippen molar-refractivity contribution in [2.24, 2.45) is 11.8 Å². The van der Waals surface area contributed by atoms with Crippen molar-refractivity contribution in [2.45, 2.75) is 44.1 Å². The van der Waals surface area contributed by atoms with Gasteiger partial charge in [0.15, 0.2) is 0 Å². The van der Waals surface area contributed by atoms with Crippen LogP contribution in [0.25, 0.3) is 10.9 Å². The minimum Gasteiger partial charge on any atom is -0.506 e. The fourth-order valence-corrected chi connectivity index (χ4v) is 6.50. The second-order valence-corrected chi connectivity index (χ2v) is 9.95. The van der Waals surface area contributed by atoms with Crippen LogP contribution in [0.5, 0.6) is 5.75 Å². The van der Waals surface area contributed by atoms with E-state index in [1.165, 1.54) is 18.4 Å². The SMILES string of the molecule is O=C(C1CCN(c2ccc3cccc(O)c3n2)CC1)N1CC(c2ccccc2)C2CCCC21. The van der Waals surface area contributed by atoms with Crippen LogP contribution < -0.4 is 4.90 Å². The van der Waals surface area contributed by atoms with Gasteiger partial charge in [0.1, 0.15) is 17.1 Å². The van der Waals surface area contributed by atoms with E-state index in [2.05, 4.69) is 40.1 Å². The Kier molecular flexibility index (Phi) is 5.20. The second kappa shape index (κ2) is 8.36. The highest BCUT2D eigenvalue weighted by Crippen LogP contribution is 2.47. The first-order valence-electron chi connectivity index (χ1n) is 12.4. The summed E-state index contributed by atoms with van der Waals surface area (Å²) in [5, 5.41) is 11.1. The van der Waals surface area contributed by atoms with Crippen molar-refractivity contribution in [3.8, 4) is 5.75 Å². The highest BCUT2D eigenvalue weighted by atomic mass is 16.3. The van der Waals surface area contributed by atoms with Crippen LogP contribution >= 0.6 is 0 Å². The molecular weight excluding hydrogens is 410 g/mol. The molecule has 5 nitrogen and oxygen atoms in total. The number of fused-ring (bicyclic) bond motifs is 2. The number of pyridine rings is 1. The van der Waals surface area contributed by atoms with E-state index in [0.29, 0.717) is 29.3 Å². The molecule has 6 rings (SSSR count). The van der Waals surface area contributed by atoms with Gasteiger partial charge in [0.2, 0.25) is 5.91 Å². The normalized spacial score (nSPS) is 25.5. The lowest BCUT2D eigenvalue weighted by Crippen LogP contribution is -2.44. The van der Waals surface area contributed by atoms with Crippen LogP contribution in [0, 0.1) is 11.8 Å². The van der Waals surface area contributed by atoms with Gasteiger partial charge in [0.25, 0.3) is 0 Å². The Hall–Kier alpha value is -3.08. The lowest BCUT2D eigenvalue weighted by molar-refractivity contribution is -0.137. The van der Waals surface area contributed by atoms with Crippen molar-refractivity contribution in [1.82, 2.24) is 9.88 Å². The summed E-state index contributed by atoms with van der Waals surface area (Å²) in [4.78, 5) is 22.9. The molecule has 0 spiro atoms. The molecule has 1 aliphatic carbocycles. The lowest BCUT2D eigenvalue weighted by atomic mass is 9.86. The number of rotatable bonds is 3. The summed E-state index contributed by atoms with van der Waals surface area (Å²) in [5.41, 5.74) is 2.04. The number of aromatic hydroxyl groups is 1. The molecule has 0 bridgehead atoms. The van der Waals surface area contributed by atoms with Crippen molar-refractivity contribution >= 4 is 22.6 Å². The van der Waals surface area contributed by atoms with Gasteiger partial charge in [0.05, 0.1) is 0 Å². The zero-order valence-corrected chi connectivity index (χ0v) is 18.9. The molecule has 170 valence electrons. The van der Waals surface area contributed by atoms with E-state index in [-0.39, 0.29) is 11.7 Å². The van der Waals surface area contributed by atoms with Gasteiger partial charge in [-0.25, -0.2) is 4.98 Å². The van der Waals surface area contributed by atoms with Crippen molar-refractivity contribution in [3.63, 3.8) is 0 Å². The maximum Gasteiger partial charge on any atom is 0.226 e. The molecule has 3 fully saturated rings. The van der Waals surface area contributed by atoms with Crippen molar-refractivity contribution in [1.29, 1.82) is 0 Å². The largest absolute Gasteiger partial charge is 0.506 e. The van der Waals surface area contributed by atoms with E-state index in [9.17, 15) is 9.90 Å². The first-order valence-corrected chi connectivity index (χ1v) is 12.4. The molecule has 2 saturated heterocycles. The van der Waals surface area contributed by atoms with Gasteiger partial charge in [-0.15, -0.1) is 0 Å². The van der Waals surface area contributed by atoms with Crippen LogP contribution in [-0.2, 0) is 4.79 Å². The molecule has 1 saturated carbocycles. The number of hydrogen-bond donors (Lipinski definition) is 1. The average molecular weight is 442 g/mol. The minimum atomic E-state index is 0.103. The molecule has 3 aromatic rings. The van der Waals surface area contributed by atoms with E-state index in [0.717, 1.165) is 50.1 Å². The van der Waals surface area contributed by atoms with Gasteiger partial charge in [-0.2, -0.15) is 0 Å². The third-order valence-corrected chi connectivity index (χ3v) is 8.21. The van der Waals surface area contributed by atoms with Crippen LogP contribution in [0.4, 0.5) is 5.82 Å². The summed E-state index contributed by atoms with van der Waals surface area (Å²) in [6, 6.07) is 20.7. The topological polar surface area (TPSA) is 56.7 Å². The molecule has 1 N–H and O–H groups in total. The molecule has 3 heterocycles. The number of carbonyl (C=O) groups is 1. The Morgan fingerprint density at radius 3 is 2.55 bits per heavy atom. The van der Waals surface area contributed by atoms with Gasteiger partial charge in [-0.1, -0.05) is 48.9 Å². The van der Waals surface area contributed by atoms with E-state index in [1.54, 1.807) is 6.07 Å². The molecule has 3 unspecified atom stereocenters. The number of phenolic OH excluding ortho intramolecular Hbond substituents is 1. The van der Waals surface area contributed by atoms with Crippen LogP contribution in [0.2, 0.25) is 0 Å². The smallest absolute Gasteiger partial charge is 0.226 e. The summed E-state index contributed by atoms with van der Waals surface area (Å²) in [6.07, 6.45) is 5.36. The lowest BCUT2D eigenvalue weighted by Gasteiger charge is -2.35. The highest BCUT2D eigenvalue weighted by molar-refractivity contribution is 5.85. The summed E-state index contributed by atoms with van der Waals surface area (Å²) in [7, 11) is 0. The number of hydrogen-bond acceptors (Lipinski definition) is 4. The Morgan fingerprint density at radius 1 is 0.909 bits per heavy atom. The zero-order valence-electron chi connectivity index (χ0n) is 18.9. The fraction of sp³-hybridized carbons (Fsp3) is 0.429. The quantitative estimate of drug-likeness (QED) is 0.625. The summed E-state index contributed by atoms with van der Waals surface area (Å²) < 4.78 is 0. The molecule has 3 aliphatic rings. The minimum absolute atomic E-state index is 0.103. The summed E-state index contributed by atoms with van der Waals surface area (Å²) >= 11 is 0. The predicted octanol–water partition coefficient (Wildman–Crippen LogP) is 4.95. The summed E-state index contributed by atoms with van der Waals surface area (Å²) in [5.74, 6) is 2.67. The number of piperidine rings is 1. The molecule has 1 aromatic heterocycles. The van der Waals surface area contributed by atoms with Gasteiger partial charge in [-0.05, 0) is 55.4 Å². The number of aromatic nitrogens is 1. The maximum atomic E-state index is 13.6. The first-order chi connectivity index (χ1) is 16.2. The Balaban J connectivity index is 1.15. The Bertz CT molecular complexity index is 1160. The van der Waals surface area contributed by atoms with E-state index in [1.807, 2.05) is 24.3 Å². The van der Waals surface area contributed by atoms with E-state index < -0.39 is 0 Å². The van der Waals surface area contributed by atoms with Crippen LogP contribution in [-0.4, -0.2) is 46.6 Å². The van der Waals surface area contributed by atoms with Gasteiger partial charge in [0, 0.05) is 42.9 Å². The summed E-state index contributed by atoms with van der Waals surface area (Å²) in [6.45, 7) is 2.53. The number of carbonyl (C=O) groups excluding carboxylic acids is 1. The standard InChI is InChI=1S/C28H31N3O2/c32-25-11-4-8-20-12-13-26(29-27(20)25)30-16-14-21(15-17-30)28(33)31-18-23(19-6-2-1-3-7-19)22-9-5-10-24(22)31/h1-4,6-8,11-13,21-24,32H,5,9-10,14-18H2. The molecule has 5 heteroatoms. The fourth-order valence-electron chi connectivity index (χ4n) is 6.50. The molecule has 2 aromatic carbocycles. The van der Waals surface area contributed by atoms with Crippen LogP contribution in [0.15, 0.2) is 60.7 Å². The number of likely N-dealkylation sites (tertiary alicyclic amines) is 1. The number of para-hydroxylation sites is 1. The number of nitrogens with zero attached hydrogens (tertiary/aromatic N) is 3.